The first kappa shape index (κ1) is 16.6. The second-order valence-electron chi connectivity index (χ2n) is 8.44. The third kappa shape index (κ3) is 3.37. The average molecular weight is 355 g/mol. The molecule has 2 saturated carbocycles. The summed E-state index contributed by atoms with van der Waals surface area (Å²) in [6.45, 7) is 6.18. The van der Waals surface area contributed by atoms with Crippen molar-refractivity contribution in [3.63, 3.8) is 0 Å². The van der Waals surface area contributed by atoms with Crippen LogP contribution in [0.15, 0.2) is 6.20 Å². The topological polar surface area (TPSA) is 52.6 Å². The van der Waals surface area contributed by atoms with E-state index in [0.717, 1.165) is 57.6 Å². The van der Waals surface area contributed by atoms with Gasteiger partial charge in [-0.3, -0.25) is 14.6 Å². The van der Waals surface area contributed by atoms with E-state index in [1.54, 1.807) is 0 Å². The van der Waals surface area contributed by atoms with Gasteiger partial charge in [-0.1, -0.05) is 6.42 Å². The zero-order valence-corrected chi connectivity index (χ0v) is 15.6. The maximum absolute atomic E-state index is 12.7. The monoisotopic (exact) mass is 355 g/mol. The molecule has 2 aliphatic carbocycles. The molecule has 6 nitrogen and oxygen atoms in total. The number of rotatable bonds is 4. The van der Waals surface area contributed by atoms with Gasteiger partial charge in [0, 0.05) is 75.1 Å². The van der Waals surface area contributed by atoms with Gasteiger partial charge < -0.3 is 4.90 Å². The maximum atomic E-state index is 12.7. The summed E-state index contributed by atoms with van der Waals surface area (Å²) in [6.07, 6.45) is 9.52. The Hall–Kier alpha value is -1.53. The molecule has 0 bridgehead atoms. The third-order valence-corrected chi connectivity index (χ3v) is 6.59. The van der Waals surface area contributed by atoms with E-state index in [1.807, 2.05) is 6.20 Å². The third-order valence-electron chi connectivity index (χ3n) is 6.59. The van der Waals surface area contributed by atoms with Crippen molar-refractivity contribution < 1.29 is 4.79 Å². The van der Waals surface area contributed by atoms with Gasteiger partial charge in [0.05, 0.1) is 6.54 Å². The molecule has 0 unspecified atom stereocenters. The van der Waals surface area contributed by atoms with Crippen LogP contribution in [0.4, 0.5) is 0 Å². The molecule has 0 aromatic carbocycles. The van der Waals surface area contributed by atoms with Crippen LogP contribution >= 0.6 is 0 Å². The number of aromatic nitrogens is 2. The molecule has 3 heterocycles. The van der Waals surface area contributed by atoms with Gasteiger partial charge in [-0.15, -0.1) is 0 Å². The Balaban J connectivity index is 1.14. The number of fused-ring (bicyclic) bond motifs is 1. The van der Waals surface area contributed by atoms with Crippen LogP contribution in [0.25, 0.3) is 0 Å². The molecule has 1 saturated heterocycles. The molecule has 6 heteroatoms. The normalized spacial score (nSPS) is 25.0. The number of carbonyl (C=O) groups is 1. The van der Waals surface area contributed by atoms with Crippen molar-refractivity contribution in [3.8, 4) is 0 Å². The molecule has 140 valence electrons. The van der Waals surface area contributed by atoms with Crippen molar-refractivity contribution in [2.75, 3.05) is 39.3 Å². The summed E-state index contributed by atoms with van der Waals surface area (Å²) in [5, 5.41) is 0. The summed E-state index contributed by atoms with van der Waals surface area (Å²) in [5.74, 6) is 1.94. The second-order valence-corrected chi connectivity index (χ2v) is 8.44. The summed E-state index contributed by atoms with van der Waals surface area (Å²) in [6, 6.07) is 0.798. The molecule has 3 fully saturated rings. The molecule has 1 amide bonds. The summed E-state index contributed by atoms with van der Waals surface area (Å²) < 4.78 is 0. The Bertz CT molecular complexity index is 677. The van der Waals surface area contributed by atoms with E-state index in [9.17, 15) is 4.79 Å². The van der Waals surface area contributed by atoms with Gasteiger partial charge in [-0.05, 0) is 25.7 Å². The van der Waals surface area contributed by atoms with Gasteiger partial charge in [0.1, 0.15) is 5.82 Å². The number of hydrogen-bond acceptors (Lipinski definition) is 5. The molecule has 4 aliphatic rings. The SMILES string of the molecule is O=C(CN1CCc2nc(C3CC3)ncc2C1)N1CCN(C2CCC2)CC1. The first-order valence-corrected chi connectivity index (χ1v) is 10.3. The number of amides is 1. The van der Waals surface area contributed by atoms with Crippen molar-refractivity contribution in [2.24, 2.45) is 0 Å². The van der Waals surface area contributed by atoms with Crippen LogP contribution < -0.4 is 0 Å². The highest BCUT2D eigenvalue weighted by atomic mass is 16.2. The predicted molar refractivity (Wildman–Crippen MR) is 98.8 cm³/mol. The molecule has 0 N–H and O–H groups in total. The standard InChI is InChI=1S/C20H29N5O/c26-19(25-10-8-24(9-11-25)17-2-1-3-17)14-23-7-6-18-16(13-23)12-21-20(22-18)15-4-5-15/h12,15,17H,1-11,13-14H2. The van der Waals surface area contributed by atoms with E-state index < -0.39 is 0 Å². The van der Waals surface area contributed by atoms with Gasteiger partial charge in [0.2, 0.25) is 5.91 Å². The zero-order chi connectivity index (χ0) is 17.5. The highest BCUT2D eigenvalue weighted by Gasteiger charge is 2.31. The molecular weight excluding hydrogens is 326 g/mol. The maximum Gasteiger partial charge on any atom is 0.236 e. The fraction of sp³-hybridized carbons (Fsp3) is 0.750. The molecule has 0 spiro atoms. The zero-order valence-electron chi connectivity index (χ0n) is 15.6. The number of nitrogens with zero attached hydrogens (tertiary/aromatic N) is 5. The Labute approximate surface area is 155 Å². The van der Waals surface area contributed by atoms with E-state index in [0.29, 0.717) is 12.5 Å². The molecular formula is C20H29N5O. The van der Waals surface area contributed by atoms with Gasteiger partial charge in [-0.25, -0.2) is 9.97 Å². The van der Waals surface area contributed by atoms with E-state index >= 15 is 0 Å². The average Bonchev–Trinajstić information content (AvgIpc) is 3.45. The van der Waals surface area contributed by atoms with Gasteiger partial charge in [0.15, 0.2) is 0 Å². The lowest BCUT2D eigenvalue weighted by atomic mass is 9.91. The van der Waals surface area contributed by atoms with Crippen molar-refractivity contribution in [2.45, 2.75) is 57.0 Å². The number of hydrogen-bond donors (Lipinski definition) is 0. The molecule has 2 aliphatic heterocycles. The van der Waals surface area contributed by atoms with Gasteiger partial charge in [-0.2, -0.15) is 0 Å². The smallest absolute Gasteiger partial charge is 0.236 e. The first-order valence-electron chi connectivity index (χ1n) is 10.3. The van der Waals surface area contributed by atoms with Crippen molar-refractivity contribution in [1.82, 2.24) is 24.7 Å². The van der Waals surface area contributed by atoms with Gasteiger partial charge >= 0.3 is 0 Å². The molecule has 0 atom stereocenters. The minimum absolute atomic E-state index is 0.289. The fourth-order valence-electron chi connectivity index (χ4n) is 4.44. The molecule has 1 aromatic heterocycles. The van der Waals surface area contributed by atoms with Crippen molar-refractivity contribution >= 4 is 5.91 Å². The minimum Gasteiger partial charge on any atom is -0.339 e. The van der Waals surface area contributed by atoms with Crippen LogP contribution in [-0.2, 0) is 17.8 Å². The van der Waals surface area contributed by atoms with Crippen LogP contribution in [0.1, 0.15) is 55.1 Å². The van der Waals surface area contributed by atoms with E-state index in [4.69, 9.17) is 4.98 Å². The predicted octanol–water partition coefficient (Wildman–Crippen LogP) is 1.41. The number of piperazine rings is 1. The summed E-state index contributed by atoms with van der Waals surface area (Å²) in [5.41, 5.74) is 2.42. The molecule has 26 heavy (non-hydrogen) atoms. The van der Waals surface area contributed by atoms with Crippen LogP contribution in [0.3, 0.4) is 0 Å². The Kier molecular flexibility index (Phi) is 4.41. The Morgan fingerprint density at radius 2 is 1.88 bits per heavy atom. The van der Waals surface area contributed by atoms with E-state index in [2.05, 4.69) is 19.7 Å². The van der Waals surface area contributed by atoms with Crippen LogP contribution in [-0.4, -0.2) is 75.9 Å². The lowest BCUT2D eigenvalue weighted by molar-refractivity contribution is -0.135. The first-order chi connectivity index (χ1) is 12.8. The van der Waals surface area contributed by atoms with Crippen LogP contribution in [0, 0.1) is 0 Å². The minimum atomic E-state index is 0.289. The highest BCUT2D eigenvalue weighted by Crippen LogP contribution is 2.38. The van der Waals surface area contributed by atoms with Gasteiger partial charge in [0.25, 0.3) is 0 Å². The summed E-state index contributed by atoms with van der Waals surface area (Å²) in [4.78, 5) is 29.0. The van der Waals surface area contributed by atoms with Crippen LogP contribution in [0.2, 0.25) is 0 Å². The van der Waals surface area contributed by atoms with Crippen molar-refractivity contribution in [1.29, 1.82) is 0 Å². The van der Waals surface area contributed by atoms with E-state index in [-0.39, 0.29) is 5.91 Å². The Morgan fingerprint density at radius 1 is 1.08 bits per heavy atom. The molecule has 1 aromatic rings. The van der Waals surface area contributed by atoms with Crippen molar-refractivity contribution in [3.05, 3.63) is 23.3 Å². The summed E-state index contributed by atoms with van der Waals surface area (Å²) >= 11 is 0. The highest BCUT2D eigenvalue weighted by molar-refractivity contribution is 5.78. The fourth-order valence-corrected chi connectivity index (χ4v) is 4.44. The van der Waals surface area contributed by atoms with Crippen LogP contribution in [0.5, 0.6) is 0 Å². The Morgan fingerprint density at radius 3 is 2.58 bits per heavy atom. The second kappa shape index (κ2) is 6.89. The lowest BCUT2D eigenvalue weighted by Crippen LogP contribution is -2.55. The summed E-state index contributed by atoms with van der Waals surface area (Å²) in [7, 11) is 0. The molecule has 5 rings (SSSR count). The van der Waals surface area contributed by atoms with E-state index in [1.165, 1.54) is 43.4 Å². The number of carbonyl (C=O) groups excluding carboxylic acids is 1. The lowest BCUT2D eigenvalue weighted by Gasteiger charge is -2.43. The largest absolute Gasteiger partial charge is 0.339 e. The molecule has 0 radical (unpaired) electrons. The quantitative estimate of drug-likeness (QED) is 0.817.